The van der Waals surface area contributed by atoms with Crippen molar-refractivity contribution < 1.29 is 27.9 Å². The minimum Gasteiger partial charge on any atom is -0.481 e. The maximum absolute atomic E-state index is 12.4. The van der Waals surface area contributed by atoms with Crippen LogP contribution in [0.15, 0.2) is 36.4 Å². The van der Waals surface area contributed by atoms with Gasteiger partial charge in [0.1, 0.15) is 6.42 Å². The molecule has 6 N–H and O–H groups in total. The number of carboxylic acid groups (broad SMARTS) is 1. The Hall–Kier alpha value is -4.92. The van der Waals surface area contributed by atoms with Crippen LogP contribution in [0, 0.1) is 13.8 Å². The number of aliphatic carboxylic acids is 1. The molecule has 0 unspecified atom stereocenters. The number of nitrogens with one attached hydrogen (secondary N) is 5. The summed E-state index contributed by atoms with van der Waals surface area (Å²) < 4.78 is 32.5. The summed E-state index contributed by atoms with van der Waals surface area (Å²) in [4.78, 5) is 48.1. The van der Waals surface area contributed by atoms with Gasteiger partial charge in [0.15, 0.2) is 11.6 Å². The Kier molecular flexibility index (Phi) is 14.1. The van der Waals surface area contributed by atoms with E-state index >= 15 is 0 Å². The van der Waals surface area contributed by atoms with Gasteiger partial charge in [-0.2, -0.15) is 8.75 Å². The molecule has 0 aliphatic carbocycles. The minimum absolute atomic E-state index is 0.0182. The number of aromatic nitrogens is 4. The molecule has 17 nitrogen and oxygen atoms in total. The molecule has 2 aromatic carbocycles. The van der Waals surface area contributed by atoms with Crippen LogP contribution in [0.3, 0.4) is 0 Å². The summed E-state index contributed by atoms with van der Waals surface area (Å²) in [6.07, 6.45) is 7.86. The summed E-state index contributed by atoms with van der Waals surface area (Å²) in [6, 6.07) is 11.0. The van der Waals surface area contributed by atoms with Crippen molar-refractivity contribution >= 4 is 84.1 Å². The number of piperidine rings is 2. The summed E-state index contributed by atoms with van der Waals surface area (Å²) in [6.45, 7) is 7.96. The Morgan fingerprint density at radius 3 is 1.59 bits per heavy atom. The normalized spacial score (nSPS) is 14.4. The Balaban J connectivity index is 0.000000208. The molecular weight excluding hydrogens is 755 g/mol. The van der Waals surface area contributed by atoms with Crippen molar-refractivity contribution in [1.82, 2.24) is 23.4 Å². The van der Waals surface area contributed by atoms with Crippen molar-refractivity contribution in [2.75, 3.05) is 63.5 Å². The van der Waals surface area contributed by atoms with E-state index in [-0.39, 0.29) is 23.9 Å². The lowest BCUT2D eigenvalue weighted by Crippen LogP contribution is -2.31. The van der Waals surface area contributed by atoms with Crippen molar-refractivity contribution in [3.05, 3.63) is 59.2 Å². The fourth-order valence-electron chi connectivity index (χ4n) is 5.87. The Morgan fingerprint density at radius 2 is 1.15 bits per heavy atom. The number of hydrogen-bond donors (Lipinski definition) is 6. The first-order valence-electron chi connectivity index (χ1n) is 17.5. The highest BCUT2D eigenvalue weighted by Gasteiger charge is 2.19. The van der Waals surface area contributed by atoms with Gasteiger partial charge in [-0.1, -0.05) is 12.1 Å². The average Bonchev–Trinajstić information content (AvgIpc) is 3.78. The molecule has 20 heteroatoms. The number of urea groups is 2. The number of benzene rings is 2. The molecule has 290 valence electrons. The first kappa shape index (κ1) is 40.3. The van der Waals surface area contributed by atoms with Gasteiger partial charge >= 0.3 is 18.0 Å². The first-order valence-corrected chi connectivity index (χ1v) is 20.9. The number of carbonyl (C=O) groups is 3. The largest absolute Gasteiger partial charge is 0.481 e. The molecule has 2 aliphatic rings. The molecule has 2 aliphatic heterocycles. The summed E-state index contributed by atoms with van der Waals surface area (Å²) in [5.74, 6) is -0.526. The van der Waals surface area contributed by atoms with E-state index < -0.39 is 28.1 Å². The third kappa shape index (κ3) is 12.6. The topological polar surface area (TPSA) is 224 Å². The van der Waals surface area contributed by atoms with Crippen molar-refractivity contribution in [3.63, 3.8) is 0 Å². The molecule has 0 radical (unpaired) electrons. The molecule has 54 heavy (non-hydrogen) atoms. The second-order valence-electron chi connectivity index (χ2n) is 13.0. The number of aryl methyl sites for hydroxylation is 2. The lowest BCUT2D eigenvalue weighted by atomic mass is 10.1. The molecule has 4 aromatic rings. The second kappa shape index (κ2) is 18.9. The van der Waals surface area contributed by atoms with Crippen LogP contribution in [0.5, 0.6) is 0 Å². The van der Waals surface area contributed by atoms with Gasteiger partial charge in [-0.15, -0.1) is 0 Å². The molecule has 0 saturated carbocycles. The number of carbonyl (C=O) groups excluding carboxylic acids is 2. The highest BCUT2D eigenvalue weighted by atomic mass is 32.2. The van der Waals surface area contributed by atoms with Crippen molar-refractivity contribution in [2.45, 2.75) is 65.3 Å². The zero-order valence-corrected chi connectivity index (χ0v) is 32.8. The van der Waals surface area contributed by atoms with E-state index in [9.17, 15) is 22.8 Å². The van der Waals surface area contributed by atoms with Crippen LogP contribution in [0.2, 0.25) is 0 Å². The van der Waals surface area contributed by atoms with E-state index in [4.69, 9.17) is 5.11 Å². The minimum atomic E-state index is -3.33. The molecule has 6 rings (SSSR count). The number of amides is 4. The van der Waals surface area contributed by atoms with E-state index in [0.29, 0.717) is 11.0 Å². The van der Waals surface area contributed by atoms with Crippen LogP contribution in [-0.4, -0.2) is 82.7 Å². The maximum atomic E-state index is 12.4. The molecule has 0 spiro atoms. The maximum Gasteiger partial charge on any atom is 0.325 e. The van der Waals surface area contributed by atoms with Gasteiger partial charge in [0.25, 0.3) is 0 Å². The average molecular weight is 800 g/mol. The number of anilines is 6. The lowest BCUT2D eigenvalue weighted by molar-refractivity contribution is -0.136. The quantitative estimate of drug-likeness (QED) is 0.109. The van der Waals surface area contributed by atoms with Crippen molar-refractivity contribution in [3.8, 4) is 0 Å². The zero-order chi connectivity index (χ0) is 38.7. The van der Waals surface area contributed by atoms with Gasteiger partial charge < -0.3 is 25.5 Å². The summed E-state index contributed by atoms with van der Waals surface area (Å²) in [5.41, 5.74) is 5.80. The summed E-state index contributed by atoms with van der Waals surface area (Å²) in [7, 11) is -3.33. The van der Waals surface area contributed by atoms with Gasteiger partial charge in [0, 0.05) is 49.2 Å². The van der Waals surface area contributed by atoms with Crippen LogP contribution in [0.4, 0.5) is 42.6 Å². The van der Waals surface area contributed by atoms with E-state index in [1.165, 1.54) is 12.8 Å². The van der Waals surface area contributed by atoms with Crippen molar-refractivity contribution in [2.24, 2.45) is 0 Å². The Bertz CT molecular complexity index is 2030. The van der Waals surface area contributed by atoms with Crippen LogP contribution in [-0.2, 0) is 27.8 Å². The third-order valence-electron chi connectivity index (χ3n) is 8.38. The third-order valence-corrected chi connectivity index (χ3v) is 10.4. The fraction of sp³-hybridized carbons (Fsp3) is 0.441. The predicted molar refractivity (Wildman–Crippen MR) is 213 cm³/mol. The first-order chi connectivity index (χ1) is 25.8. The highest BCUT2D eigenvalue weighted by molar-refractivity contribution is 7.88. The number of nitrogens with zero attached hydrogens (tertiary/aromatic N) is 6. The summed E-state index contributed by atoms with van der Waals surface area (Å²) >= 11 is 1.95. The number of hydrogen-bond acceptors (Lipinski definition) is 13. The predicted octanol–water partition coefficient (Wildman–Crippen LogP) is 5.64. The molecule has 2 fully saturated rings. The Morgan fingerprint density at radius 1 is 0.704 bits per heavy atom. The standard InChI is InChI=1S/C17H24N6O3S2.C17H21N5O3S/c1-12-6-7-13(14(10-12)23-8-4-3-5-9-23)19-16(24)21-17-20-15(22-27-17)11-18-28(2,25)26;1-11-5-6-12(13(9-11)22-7-3-2-4-8-22)18-16(25)20-17-19-14(21-26-17)10-15(23)24/h6-7,10,18H,3-5,8-9,11H2,1-2H3,(H2,19,20,21,22,24);5-6,9H,2-4,7-8,10H2,1H3,(H,23,24)(H2,18,19,20,21,25). The SMILES string of the molecule is Cc1ccc(NC(=O)Nc2nc(CC(=O)O)ns2)c(N2CCCCC2)c1.Cc1ccc(NC(=O)Nc2nc(CNS(C)(=O)=O)ns2)c(N2CCCCC2)c1. The van der Waals surface area contributed by atoms with Crippen LogP contribution < -0.4 is 35.8 Å². The highest BCUT2D eigenvalue weighted by Crippen LogP contribution is 2.31. The fourth-order valence-corrected chi connectivity index (χ4v) is 7.43. The molecule has 2 saturated heterocycles. The summed E-state index contributed by atoms with van der Waals surface area (Å²) in [5, 5.41) is 20.3. The monoisotopic (exact) mass is 799 g/mol. The van der Waals surface area contributed by atoms with E-state index in [1.807, 2.05) is 38.1 Å². The molecule has 0 bridgehead atoms. The molecule has 0 atom stereocenters. The van der Waals surface area contributed by atoms with E-state index in [1.54, 1.807) is 0 Å². The lowest BCUT2D eigenvalue weighted by Gasteiger charge is -2.30. The smallest absolute Gasteiger partial charge is 0.325 e. The van der Waals surface area contributed by atoms with Crippen LogP contribution in [0.25, 0.3) is 0 Å². The van der Waals surface area contributed by atoms with E-state index in [2.05, 4.69) is 66.6 Å². The molecule has 2 aromatic heterocycles. The molecular formula is C34H45N11O6S3. The molecule has 4 amide bonds. The van der Waals surface area contributed by atoms with Gasteiger partial charge in [-0.25, -0.2) is 32.7 Å². The number of rotatable bonds is 11. The van der Waals surface area contributed by atoms with Gasteiger partial charge in [-0.3, -0.25) is 15.4 Å². The Labute approximate surface area is 322 Å². The zero-order valence-electron chi connectivity index (χ0n) is 30.3. The number of sulfonamides is 1. The number of carboxylic acids is 1. The van der Waals surface area contributed by atoms with E-state index in [0.717, 1.165) is 115 Å². The van der Waals surface area contributed by atoms with Gasteiger partial charge in [0.2, 0.25) is 20.3 Å². The van der Waals surface area contributed by atoms with Gasteiger partial charge in [0.05, 0.1) is 35.6 Å². The molecule has 4 heterocycles. The van der Waals surface area contributed by atoms with Gasteiger partial charge in [-0.05, 0) is 87.8 Å². The van der Waals surface area contributed by atoms with Crippen LogP contribution >= 0.6 is 23.1 Å². The van der Waals surface area contributed by atoms with Crippen molar-refractivity contribution in [1.29, 1.82) is 0 Å². The second-order valence-corrected chi connectivity index (χ2v) is 16.3. The van der Waals surface area contributed by atoms with Crippen LogP contribution in [0.1, 0.15) is 61.3 Å².